The lowest BCUT2D eigenvalue weighted by Crippen LogP contribution is -2.25. The third-order valence-electron chi connectivity index (χ3n) is 3.53. The van der Waals surface area contributed by atoms with Crippen molar-refractivity contribution in [2.45, 2.75) is 44.4 Å². The van der Waals surface area contributed by atoms with E-state index in [1.54, 1.807) is 7.05 Å². The van der Waals surface area contributed by atoms with Crippen molar-refractivity contribution < 1.29 is 9.32 Å². The smallest absolute Gasteiger partial charge is 0.320 e. The van der Waals surface area contributed by atoms with Gasteiger partial charge in [0.15, 0.2) is 5.82 Å². The standard InChI is InChI=1S/C12H19N3O2/c1-12(6-4-3-5-7-12)9-8-10(15-17-9)14-11(16)13-2/h8H,3-7H2,1-2H3,(H2,13,14,15,16). The molecule has 1 fully saturated rings. The van der Waals surface area contributed by atoms with Crippen LogP contribution in [-0.4, -0.2) is 18.2 Å². The molecule has 94 valence electrons. The summed E-state index contributed by atoms with van der Waals surface area (Å²) in [7, 11) is 1.57. The van der Waals surface area contributed by atoms with Crippen molar-refractivity contribution in [3.63, 3.8) is 0 Å². The third-order valence-corrected chi connectivity index (χ3v) is 3.53. The lowest BCUT2D eigenvalue weighted by atomic mass is 9.74. The second-order valence-electron chi connectivity index (χ2n) is 4.90. The van der Waals surface area contributed by atoms with Gasteiger partial charge in [-0.15, -0.1) is 0 Å². The fourth-order valence-corrected chi connectivity index (χ4v) is 2.38. The van der Waals surface area contributed by atoms with E-state index in [0.29, 0.717) is 5.82 Å². The number of hydrogen-bond donors (Lipinski definition) is 2. The van der Waals surface area contributed by atoms with E-state index in [2.05, 4.69) is 22.7 Å². The van der Waals surface area contributed by atoms with Crippen LogP contribution in [0.4, 0.5) is 10.6 Å². The predicted octanol–water partition coefficient (Wildman–Crippen LogP) is 2.65. The lowest BCUT2D eigenvalue weighted by Gasteiger charge is -2.30. The van der Waals surface area contributed by atoms with Crippen LogP contribution in [0.1, 0.15) is 44.8 Å². The zero-order chi connectivity index (χ0) is 12.3. The molecule has 1 aromatic heterocycles. The molecule has 1 aromatic rings. The highest BCUT2D eigenvalue weighted by molar-refractivity contribution is 5.87. The minimum absolute atomic E-state index is 0.0773. The van der Waals surface area contributed by atoms with Gasteiger partial charge in [0.2, 0.25) is 0 Å². The van der Waals surface area contributed by atoms with E-state index in [9.17, 15) is 4.79 Å². The summed E-state index contributed by atoms with van der Waals surface area (Å²) in [5.41, 5.74) is 0.0773. The van der Waals surface area contributed by atoms with Gasteiger partial charge in [-0.3, -0.25) is 5.32 Å². The van der Waals surface area contributed by atoms with Gasteiger partial charge in [0.1, 0.15) is 5.76 Å². The molecule has 0 atom stereocenters. The fourth-order valence-electron chi connectivity index (χ4n) is 2.38. The second-order valence-corrected chi connectivity index (χ2v) is 4.90. The van der Waals surface area contributed by atoms with Gasteiger partial charge in [0.05, 0.1) is 0 Å². The molecule has 1 heterocycles. The van der Waals surface area contributed by atoms with Crippen LogP contribution in [0.3, 0.4) is 0 Å². The van der Waals surface area contributed by atoms with Crippen LogP contribution in [0.2, 0.25) is 0 Å². The normalized spacial score (nSPS) is 18.7. The Morgan fingerprint density at radius 3 is 2.76 bits per heavy atom. The second kappa shape index (κ2) is 4.77. The number of anilines is 1. The van der Waals surface area contributed by atoms with E-state index in [1.807, 2.05) is 6.07 Å². The van der Waals surface area contributed by atoms with E-state index in [0.717, 1.165) is 18.6 Å². The van der Waals surface area contributed by atoms with E-state index in [-0.39, 0.29) is 11.4 Å². The molecule has 5 heteroatoms. The van der Waals surface area contributed by atoms with Crippen molar-refractivity contribution in [1.29, 1.82) is 0 Å². The first kappa shape index (κ1) is 12.0. The largest absolute Gasteiger partial charge is 0.359 e. The summed E-state index contributed by atoms with van der Waals surface area (Å²) < 4.78 is 5.36. The summed E-state index contributed by atoms with van der Waals surface area (Å²) in [5, 5.41) is 8.97. The molecule has 2 amide bonds. The first-order valence-electron chi connectivity index (χ1n) is 6.10. The molecule has 0 aromatic carbocycles. The maximum atomic E-state index is 11.1. The van der Waals surface area contributed by atoms with Gasteiger partial charge in [-0.05, 0) is 12.8 Å². The average Bonchev–Trinajstić information content (AvgIpc) is 2.79. The number of carbonyl (C=O) groups excluding carboxylic acids is 1. The molecule has 0 spiro atoms. The molecule has 2 rings (SSSR count). The summed E-state index contributed by atoms with van der Waals surface area (Å²) in [5.74, 6) is 1.36. The predicted molar refractivity (Wildman–Crippen MR) is 65.0 cm³/mol. The van der Waals surface area contributed by atoms with Crippen LogP contribution in [0, 0.1) is 0 Å². The monoisotopic (exact) mass is 237 g/mol. The quantitative estimate of drug-likeness (QED) is 0.831. The van der Waals surface area contributed by atoms with Gasteiger partial charge in [-0.2, -0.15) is 0 Å². The Morgan fingerprint density at radius 2 is 2.12 bits per heavy atom. The molecule has 17 heavy (non-hydrogen) atoms. The van der Waals surface area contributed by atoms with E-state index in [4.69, 9.17) is 4.52 Å². The summed E-state index contributed by atoms with van der Waals surface area (Å²) in [6.07, 6.45) is 6.01. The number of rotatable bonds is 2. The number of aromatic nitrogens is 1. The van der Waals surface area contributed by atoms with Crippen molar-refractivity contribution in [3.8, 4) is 0 Å². The minimum Gasteiger partial charge on any atom is -0.359 e. The van der Waals surface area contributed by atoms with E-state index in [1.165, 1.54) is 19.3 Å². The van der Waals surface area contributed by atoms with Crippen molar-refractivity contribution >= 4 is 11.8 Å². The first-order valence-corrected chi connectivity index (χ1v) is 6.10. The maximum absolute atomic E-state index is 11.1. The molecular formula is C12H19N3O2. The van der Waals surface area contributed by atoms with Crippen molar-refractivity contribution in [1.82, 2.24) is 10.5 Å². The van der Waals surface area contributed by atoms with Crippen molar-refractivity contribution in [2.75, 3.05) is 12.4 Å². The number of hydrogen-bond acceptors (Lipinski definition) is 3. The van der Waals surface area contributed by atoms with E-state index < -0.39 is 0 Å². The molecule has 5 nitrogen and oxygen atoms in total. The van der Waals surface area contributed by atoms with Gasteiger partial charge < -0.3 is 9.84 Å². The van der Waals surface area contributed by atoms with Crippen molar-refractivity contribution in [3.05, 3.63) is 11.8 Å². The molecule has 1 aliphatic carbocycles. The number of urea groups is 1. The van der Waals surface area contributed by atoms with Crippen LogP contribution in [0.5, 0.6) is 0 Å². The summed E-state index contributed by atoms with van der Waals surface area (Å²) >= 11 is 0. The molecule has 0 unspecified atom stereocenters. The molecule has 0 radical (unpaired) electrons. The first-order chi connectivity index (χ1) is 8.14. The number of nitrogens with one attached hydrogen (secondary N) is 2. The van der Waals surface area contributed by atoms with Crippen LogP contribution in [0.15, 0.2) is 10.6 Å². The van der Waals surface area contributed by atoms with Crippen LogP contribution in [0.25, 0.3) is 0 Å². The number of amides is 2. The van der Waals surface area contributed by atoms with Gasteiger partial charge in [0, 0.05) is 18.5 Å². The van der Waals surface area contributed by atoms with Gasteiger partial charge in [0.25, 0.3) is 0 Å². The summed E-state index contributed by atoms with van der Waals surface area (Å²) in [6.45, 7) is 2.20. The average molecular weight is 237 g/mol. The van der Waals surface area contributed by atoms with E-state index >= 15 is 0 Å². The topological polar surface area (TPSA) is 67.2 Å². The molecule has 0 bridgehead atoms. The highest BCUT2D eigenvalue weighted by atomic mass is 16.5. The molecule has 2 N–H and O–H groups in total. The zero-order valence-corrected chi connectivity index (χ0v) is 10.4. The Morgan fingerprint density at radius 1 is 1.41 bits per heavy atom. The van der Waals surface area contributed by atoms with Gasteiger partial charge >= 0.3 is 6.03 Å². The number of carbonyl (C=O) groups is 1. The lowest BCUT2D eigenvalue weighted by molar-refractivity contribution is 0.240. The Bertz CT molecular complexity index is 394. The van der Waals surface area contributed by atoms with Gasteiger partial charge in [-0.25, -0.2) is 4.79 Å². The zero-order valence-electron chi connectivity index (χ0n) is 10.4. The van der Waals surface area contributed by atoms with Gasteiger partial charge in [-0.1, -0.05) is 31.3 Å². The Hall–Kier alpha value is -1.52. The highest BCUT2D eigenvalue weighted by Crippen LogP contribution is 2.39. The Kier molecular flexibility index (Phi) is 3.36. The Labute approximate surface area is 101 Å². The summed E-state index contributed by atoms with van der Waals surface area (Å²) in [4.78, 5) is 11.1. The van der Waals surface area contributed by atoms with Crippen LogP contribution < -0.4 is 10.6 Å². The third kappa shape index (κ3) is 2.60. The molecule has 1 saturated carbocycles. The molecule has 1 aliphatic rings. The SMILES string of the molecule is CNC(=O)Nc1cc(C2(C)CCCCC2)on1. The van der Waals surface area contributed by atoms with Crippen LogP contribution >= 0.6 is 0 Å². The maximum Gasteiger partial charge on any atom is 0.320 e. The minimum atomic E-state index is -0.279. The molecule has 0 saturated heterocycles. The molecule has 0 aliphatic heterocycles. The number of nitrogens with zero attached hydrogens (tertiary/aromatic N) is 1. The van der Waals surface area contributed by atoms with Crippen LogP contribution in [-0.2, 0) is 5.41 Å². The fraction of sp³-hybridized carbons (Fsp3) is 0.667. The van der Waals surface area contributed by atoms with Crippen molar-refractivity contribution in [2.24, 2.45) is 0 Å². The Balaban J connectivity index is 2.09. The highest BCUT2D eigenvalue weighted by Gasteiger charge is 2.32. The summed E-state index contributed by atoms with van der Waals surface area (Å²) in [6, 6.07) is 1.55. The molecular weight excluding hydrogens is 218 g/mol.